The molecule has 0 fully saturated rings. The summed E-state index contributed by atoms with van der Waals surface area (Å²) in [7, 11) is 0. The maximum absolute atomic E-state index is 14.3. The molecule has 3 aromatic rings. The number of hydrogen-bond donors (Lipinski definition) is 4. The summed E-state index contributed by atoms with van der Waals surface area (Å²) in [5, 5.41) is 25.2. The van der Waals surface area contributed by atoms with Gasteiger partial charge in [0.1, 0.15) is 29.2 Å². The second kappa shape index (κ2) is 13.7. The lowest BCUT2D eigenvalue weighted by atomic mass is 9.98. The minimum absolute atomic E-state index is 0.0245. The quantitative estimate of drug-likeness (QED) is 0.281. The average molecular weight is 562 g/mol. The van der Waals surface area contributed by atoms with E-state index in [-0.39, 0.29) is 24.5 Å². The van der Waals surface area contributed by atoms with Gasteiger partial charge in [-0.2, -0.15) is 0 Å². The van der Waals surface area contributed by atoms with Gasteiger partial charge in [0.05, 0.1) is 0 Å². The van der Waals surface area contributed by atoms with E-state index in [9.17, 15) is 24.6 Å². The minimum Gasteiger partial charge on any atom is -0.508 e. The van der Waals surface area contributed by atoms with Crippen LogP contribution < -0.4 is 10.6 Å². The lowest BCUT2D eigenvalue weighted by molar-refractivity contribution is -0.144. The highest BCUT2D eigenvalue weighted by Gasteiger charge is 2.38. The minimum atomic E-state index is -1.08. The zero-order valence-electron chi connectivity index (χ0n) is 24.1. The summed E-state index contributed by atoms with van der Waals surface area (Å²) >= 11 is 0. The third kappa shape index (κ3) is 9.27. The van der Waals surface area contributed by atoms with E-state index in [1.807, 2.05) is 30.3 Å². The van der Waals surface area contributed by atoms with Crippen LogP contribution in [0.25, 0.3) is 0 Å². The number of hydrogen-bond acceptors (Lipinski definition) is 6. The Morgan fingerprint density at radius 1 is 0.829 bits per heavy atom. The molecule has 2 unspecified atom stereocenters. The molecule has 4 N–H and O–H groups in total. The van der Waals surface area contributed by atoms with Crippen molar-refractivity contribution in [1.82, 2.24) is 15.5 Å². The predicted octanol–water partition coefficient (Wildman–Crippen LogP) is 4.83. The molecular formula is C32H39N3O6. The Bertz CT molecular complexity index is 1300. The maximum Gasteiger partial charge on any atom is 0.408 e. The molecule has 41 heavy (non-hydrogen) atoms. The first-order valence-corrected chi connectivity index (χ1v) is 13.5. The van der Waals surface area contributed by atoms with Crippen LogP contribution in [0.5, 0.6) is 11.5 Å². The van der Waals surface area contributed by atoms with Crippen LogP contribution in [0, 0.1) is 0 Å². The van der Waals surface area contributed by atoms with Crippen molar-refractivity contribution in [2.75, 3.05) is 0 Å². The molecule has 0 aliphatic carbocycles. The highest BCUT2D eigenvalue weighted by atomic mass is 16.6. The first-order valence-electron chi connectivity index (χ1n) is 13.5. The molecule has 0 aromatic heterocycles. The predicted molar refractivity (Wildman–Crippen MR) is 156 cm³/mol. The van der Waals surface area contributed by atoms with Gasteiger partial charge < -0.3 is 30.5 Å². The van der Waals surface area contributed by atoms with E-state index in [4.69, 9.17) is 4.74 Å². The largest absolute Gasteiger partial charge is 0.508 e. The molecule has 0 aliphatic heterocycles. The van der Waals surface area contributed by atoms with Gasteiger partial charge in [-0.05, 0) is 75.6 Å². The molecular weight excluding hydrogens is 522 g/mol. The van der Waals surface area contributed by atoms with Crippen LogP contribution in [0.3, 0.4) is 0 Å². The Morgan fingerprint density at radius 3 is 1.93 bits per heavy atom. The highest BCUT2D eigenvalue weighted by molar-refractivity contribution is 5.92. The van der Waals surface area contributed by atoms with Crippen molar-refractivity contribution < 1.29 is 29.3 Å². The van der Waals surface area contributed by atoms with Gasteiger partial charge in [-0.15, -0.1) is 0 Å². The third-order valence-corrected chi connectivity index (χ3v) is 6.22. The first kappa shape index (κ1) is 31.0. The molecule has 0 bridgehead atoms. The topological polar surface area (TPSA) is 128 Å². The Labute approximate surface area is 241 Å². The van der Waals surface area contributed by atoms with Crippen LogP contribution >= 0.6 is 0 Å². The fraction of sp³-hybridized carbons (Fsp3) is 0.344. The van der Waals surface area contributed by atoms with Gasteiger partial charge in [0.15, 0.2) is 0 Å². The van der Waals surface area contributed by atoms with Gasteiger partial charge in [-0.25, -0.2) is 4.79 Å². The number of alkyl carbamates (subject to hydrolysis) is 1. The van der Waals surface area contributed by atoms with Crippen LogP contribution in [-0.2, 0) is 27.3 Å². The van der Waals surface area contributed by atoms with E-state index in [2.05, 4.69) is 10.6 Å². The molecule has 0 heterocycles. The summed E-state index contributed by atoms with van der Waals surface area (Å²) in [4.78, 5) is 42.3. The second-order valence-electron chi connectivity index (χ2n) is 11.1. The van der Waals surface area contributed by atoms with Gasteiger partial charge in [0.2, 0.25) is 11.8 Å². The number of ether oxygens (including phenoxy) is 1. The summed E-state index contributed by atoms with van der Waals surface area (Å²) in [5.74, 6) is -0.812. The van der Waals surface area contributed by atoms with Crippen LogP contribution in [0.15, 0.2) is 78.9 Å². The molecule has 0 radical (unpaired) electrons. The fourth-order valence-electron chi connectivity index (χ4n) is 4.35. The fourth-order valence-corrected chi connectivity index (χ4v) is 4.35. The van der Waals surface area contributed by atoms with Gasteiger partial charge in [0.25, 0.3) is 0 Å². The van der Waals surface area contributed by atoms with Gasteiger partial charge in [-0.1, -0.05) is 54.6 Å². The van der Waals surface area contributed by atoms with Crippen molar-refractivity contribution >= 4 is 17.9 Å². The number of phenols is 2. The van der Waals surface area contributed by atoms with E-state index < -0.39 is 41.6 Å². The number of carbonyl (C=O) groups is 3. The highest BCUT2D eigenvalue weighted by Crippen LogP contribution is 2.27. The number of phenolic OH excluding ortho intramolecular Hbond substituents is 2. The summed E-state index contributed by atoms with van der Waals surface area (Å²) in [6, 6.07) is 19.3. The van der Waals surface area contributed by atoms with Crippen LogP contribution in [-0.4, -0.2) is 50.7 Å². The lowest BCUT2D eigenvalue weighted by Gasteiger charge is -2.37. The first-order chi connectivity index (χ1) is 19.3. The average Bonchev–Trinajstić information content (AvgIpc) is 2.91. The number of amides is 3. The Balaban J connectivity index is 1.99. The van der Waals surface area contributed by atoms with E-state index in [0.717, 1.165) is 5.56 Å². The van der Waals surface area contributed by atoms with E-state index in [1.54, 1.807) is 58.9 Å². The van der Waals surface area contributed by atoms with Gasteiger partial charge in [0, 0.05) is 19.0 Å². The number of carbonyl (C=O) groups excluding carboxylic acids is 3. The van der Waals surface area contributed by atoms with Crippen molar-refractivity contribution in [1.29, 1.82) is 0 Å². The SMILES string of the molecule is CC(C)N(C(=O)C(Cc1ccc(O)cc1)NC(=O)OC(C)(C)C)C(C(=O)NCc1ccccc1)c1ccc(O)cc1. The number of aromatic hydroxyl groups is 2. The maximum atomic E-state index is 14.3. The Hall–Kier alpha value is -4.53. The monoisotopic (exact) mass is 561 g/mol. The molecule has 218 valence electrons. The van der Waals surface area contributed by atoms with Crippen LogP contribution in [0.4, 0.5) is 4.79 Å². The Kier molecular flexibility index (Phi) is 10.4. The van der Waals surface area contributed by atoms with Crippen LogP contribution in [0.2, 0.25) is 0 Å². The van der Waals surface area contributed by atoms with Crippen molar-refractivity contribution in [2.24, 2.45) is 0 Å². The van der Waals surface area contributed by atoms with Crippen molar-refractivity contribution in [3.05, 3.63) is 95.6 Å². The number of nitrogens with zero attached hydrogens (tertiary/aromatic N) is 1. The summed E-state index contributed by atoms with van der Waals surface area (Å²) < 4.78 is 5.44. The molecule has 3 aromatic carbocycles. The normalized spacial score (nSPS) is 12.7. The molecule has 9 nitrogen and oxygen atoms in total. The second-order valence-corrected chi connectivity index (χ2v) is 11.1. The summed E-state index contributed by atoms with van der Waals surface area (Å²) in [5.41, 5.74) is 1.29. The Morgan fingerprint density at radius 2 is 1.39 bits per heavy atom. The van der Waals surface area contributed by atoms with E-state index in [0.29, 0.717) is 11.1 Å². The lowest BCUT2D eigenvalue weighted by Crippen LogP contribution is -2.55. The van der Waals surface area contributed by atoms with Crippen molar-refractivity contribution in [3.63, 3.8) is 0 Å². The van der Waals surface area contributed by atoms with Gasteiger partial charge >= 0.3 is 6.09 Å². The number of nitrogens with one attached hydrogen (secondary N) is 2. The smallest absolute Gasteiger partial charge is 0.408 e. The standard InChI is InChI=1S/C32H39N3O6/c1-21(2)35(28(24-13-17-26(37)18-14-24)29(38)33-20-23-9-7-6-8-10-23)30(39)27(34-31(40)41-32(3,4)5)19-22-11-15-25(36)16-12-22/h6-18,21,27-28,36-37H,19-20H2,1-5H3,(H,33,38)(H,34,40). The van der Waals surface area contributed by atoms with E-state index >= 15 is 0 Å². The van der Waals surface area contributed by atoms with Crippen molar-refractivity contribution in [3.8, 4) is 11.5 Å². The molecule has 0 spiro atoms. The van der Waals surface area contributed by atoms with Crippen LogP contribution in [0.1, 0.15) is 57.4 Å². The molecule has 0 aliphatic rings. The molecule has 0 saturated heterocycles. The third-order valence-electron chi connectivity index (χ3n) is 6.22. The number of benzene rings is 3. The zero-order valence-corrected chi connectivity index (χ0v) is 24.1. The zero-order chi connectivity index (χ0) is 30.2. The molecule has 3 rings (SSSR count). The number of rotatable bonds is 10. The van der Waals surface area contributed by atoms with Crippen molar-refractivity contribution in [2.45, 2.75) is 71.3 Å². The molecule has 3 amide bonds. The molecule has 2 atom stereocenters. The van der Waals surface area contributed by atoms with E-state index in [1.165, 1.54) is 29.2 Å². The summed E-state index contributed by atoms with van der Waals surface area (Å²) in [6.07, 6.45) is -0.678. The molecule has 0 saturated carbocycles. The molecule has 9 heteroatoms. The summed E-state index contributed by atoms with van der Waals surface area (Å²) in [6.45, 7) is 9.01. The van der Waals surface area contributed by atoms with Gasteiger partial charge in [-0.3, -0.25) is 9.59 Å².